The average Bonchev–Trinajstić information content (AvgIpc) is 2.41. The second-order valence-electron chi connectivity index (χ2n) is 3.80. The van der Waals surface area contributed by atoms with Gasteiger partial charge in [0.25, 0.3) is 10.0 Å². The van der Waals surface area contributed by atoms with Crippen molar-refractivity contribution >= 4 is 33.3 Å². The highest BCUT2D eigenvalue weighted by atomic mass is 35.5. The number of carbonyl (C=O) groups is 1. The molecule has 0 radical (unpaired) electrons. The largest absolute Gasteiger partial charge is 0.478 e. The maximum atomic E-state index is 12.0. The van der Waals surface area contributed by atoms with Crippen LogP contribution in [0.3, 0.4) is 0 Å². The molecule has 104 valence electrons. The molecule has 0 amide bonds. The Hall–Kier alpha value is -2.12. The summed E-state index contributed by atoms with van der Waals surface area (Å²) >= 11 is 5.70. The molecule has 20 heavy (non-hydrogen) atoms. The molecule has 1 aromatic carbocycles. The van der Waals surface area contributed by atoms with Gasteiger partial charge in [-0.15, -0.1) is 0 Å². The lowest BCUT2D eigenvalue weighted by Gasteiger charge is -2.07. The smallest absolute Gasteiger partial charge is 0.337 e. The van der Waals surface area contributed by atoms with Gasteiger partial charge in [-0.05, 0) is 36.4 Å². The van der Waals surface area contributed by atoms with Gasteiger partial charge in [0.2, 0.25) is 0 Å². The van der Waals surface area contributed by atoms with Crippen molar-refractivity contribution in [1.82, 2.24) is 4.98 Å². The van der Waals surface area contributed by atoms with Crippen LogP contribution in [0, 0.1) is 0 Å². The molecule has 0 bridgehead atoms. The van der Waals surface area contributed by atoms with Crippen LogP contribution in [0.15, 0.2) is 47.6 Å². The second-order valence-corrected chi connectivity index (χ2v) is 5.87. The number of halogens is 1. The number of carboxylic acids is 1. The molecule has 6 nitrogen and oxygen atoms in total. The quantitative estimate of drug-likeness (QED) is 0.902. The Morgan fingerprint density at radius 3 is 2.30 bits per heavy atom. The Morgan fingerprint density at radius 2 is 1.80 bits per heavy atom. The number of hydrogen-bond acceptors (Lipinski definition) is 4. The molecule has 0 atom stereocenters. The minimum absolute atomic E-state index is 0.0876. The predicted molar refractivity (Wildman–Crippen MR) is 73.5 cm³/mol. The molecule has 2 rings (SSSR count). The molecule has 0 spiro atoms. The van der Waals surface area contributed by atoms with Gasteiger partial charge in [0.1, 0.15) is 0 Å². The number of benzene rings is 1. The van der Waals surface area contributed by atoms with Crippen LogP contribution in [0.1, 0.15) is 10.4 Å². The molecule has 1 aromatic heterocycles. The fourth-order valence-electron chi connectivity index (χ4n) is 1.39. The van der Waals surface area contributed by atoms with Crippen molar-refractivity contribution in [2.75, 3.05) is 4.72 Å². The predicted octanol–water partition coefficient (Wildman–Crippen LogP) is 2.23. The van der Waals surface area contributed by atoms with Crippen molar-refractivity contribution in [1.29, 1.82) is 0 Å². The maximum Gasteiger partial charge on any atom is 0.337 e. The summed E-state index contributed by atoms with van der Waals surface area (Å²) in [7, 11) is -3.87. The number of sulfonamides is 1. The van der Waals surface area contributed by atoms with Gasteiger partial charge < -0.3 is 5.11 Å². The number of hydrogen-bond donors (Lipinski definition) is 2. The van der Waals surface area contributed by atoms with Gasteiger partial charge >= 0.3 is 5.97 Å². The number of pyridine rings is 1. The summed E-state index contributed by atoms with van der Waals surface area (Å²) in [6.07, 6.45) is 0.985. The third-order valence-electron chi connectivity index (χ3n) is 2.36. The Balaban J connectivity index is 2.26. The number of aromatic nitrogens is 1. The van der Waals surface area contributed by atoms with E-state index in [0.717, 1.165) is 12.3 Å². The fourth-order valence-corrected chi connectivity index (χ4v) is 2.51. The van der Waals surface area contributed by atoms with Crippen molar-refractivity contribution in [3.8, 4) is 0 Å². The Labute approximate surface area is 120 Å². The van der Waals surface area contributed by atoms with Crippen molar-refractivity contribution in [2.45, 2.75) is 5.03 Å². The van der Waals surface area contributed by atoms with Gasteiger partial charge in [0.05, 0.1) is 5.56 Å². The van der Waals surface area contributed by atoms with Crippen LogP contribution in [0.25, 0.3) is 0 Å². The molecule has 0 unspecified atom stereocenters. The monoisotopic (exact) mass is 312 g/mol. The lowest BCUT2D eigenvalue weighted by atomic mass is 10.3. The number of rotatable bonds is 4. The molecule has 0 aliphatic carbocycles. The first-order chi connectivity index (χ1) is 9.38. The zero-order valence-electron chi connectivity index (χ0n) is 9.95. The lowest BCUT2D eigenvalue weighted by Crippen LogP contribution is -2.14. The number of nitrogens with zero attached hydrogens (tertiary/aromatic N) is 1. The number of carboxylic acid groups (broad SMARTS) is 1. The second kappa shape index (κ2) is 5.48. The molecular weight excluding hydrogens is 304 g/mol. The van der Waals surface area contributed by atoms with Crippen LogP contribution in [-0.2, 0) is 10.0 Å². The van der Waals surface area contributed by atoms with Crippen LogP contribution >= 0.6 is 11.6 Å². The first-order valence-corrected chi connectivity index (χ1v) is 7.22. The van der Waals surface area contributed by atoms with E-state index in [-0.39, 0.29) is 10.6 Å². The van der Waals surface area contributed by atoms with Gasteiger partial charge in [-0.25, -0.2) is 9.78 Å². The van der Waals surface area contributed by atoms with Gasteiger partial charge in [0.15, 0.2) is 5.03 Å². The summed E-state index contributed by atoms with van der Waals surface area (Å²) < 4.78 is 26.3. The van der Waals surface area contributed by atoms with Crippen molar-refractivity contribution in [2.24, 2.45) is 0 Å². The molecule has 0 saturated carbocycles. The van der Waals surface area contributed by atoms with E-state index >= 15 is 0 Å². The normalized spacial score (nSPS) is 11.1. The Morgan fingerprint density at radius 1 is 1.15 bits per heavy atom. The van der Waals surface area contributed by atoms with E-state index in [4.69, 9.17) is 16.7 Å². The first kappa shape index (κ1) is 14.3. The van der Waals surface area contributed by atoms with E-state index in [1.807, 2.05) is 0 Å². The molecule has 0 aliphatic rings. The van der Waals surface area contributed by atoms with Gasteiger partial charge in [-0.2, -0.15) is 8.42 Å². The Bertz CT molecular complexity index is 727. The number of nitrogens with one attached hydrogen (secondary N) is 1. The minimum atomic E-state index is -3.87. The SMILES string of the molecule is O=C(O)c1ccc(S(=O)(=O)Nc2ccc(Cl)cc2)nc1. The number of anilines is 1. The van der Waals surface area contributed by atoms with Crippen LogP contribution in [0.5, 0.6) is 0 Å². The summed E-state index contributed by atoms with van der Waals surface area (Å²) in [6.45, 7) is 0. The van der Waals surface area contributed by atoms with E-state index in [2.05, 4.69) is 9.71 Å². The fraction of sp³-hybridized carbons (Fsp3) is 0. The van der Waals surface area contributed by atoms with Crippen molar-refractivity contribution < 1.29 is 18.3 Å². The third-order valence-corrected chi connectivity index (χ3v) is 3.90. The highest BCUT2D eigenvalue weighted by Crippen LogP contribution is 2.17. The molecule has 0 saturated heterocycles. The van der Waals surface area contributed by atoms with Gasteiger partial charge in [-0.1, -0.05) is 11.6 Å². The molecular formula is C12H9ClN2O4S. The highest BCUT2D eigenvalue weighted by molar-refractivity contribution is 7.92. The Kier molecular flexibility index (Phi) is 3.91. The molecule has 0 fully saturated rings. The average molecular weight is 313 g/mol. The van der Waals surface area contributed by atoms with E-state index in [1.165, 1.54) is 18.2 Å². The van der Waals surface area contributed by atoms with Crippen LogP contribution < -0.4 is 4.72 Å². The third kappa shape index (κ3) is 3.25. The van der Waals surface area contributed by atoms with Crippen LogP contribution in [0.2, 0.25) is 5.02 Å². The van der Waals surface area contributed by atoms with Gasteiger partial charge in [0, 0.05) is 16.9 Å². The maximum absolute atomic E-state index is 12.0. The zero-order valence-corrected chi connectivity index (χ0v) is 11.5. The zero-order chi connectivity index (χ0) is 14.8. The van der Waals surface area contributed by atoms with Crippen LogP contribution in [0.4, 0.5) is 5.69 Å². The molecule has 0 aliphatic heterocycles. The van der Waals surface area contributed by atoms with E-state index in [1.54, 1.807) is 12.1 Å². The van der Waals surface area contributed by atoms with E-state index in [0.29, 0.717) is 10.7 Å². The van der Waals surface area contributed by atoms with Gasteiger partial charge in [-0.3, -0.25) is 4.72 Å². The molecule has 1 heterocycles. The standard InChI is InChI=1S/C12H9ClN2O4S/c13-9-2-4-10(5-3-9)15-20(18,19)11-6-1-8(7-14-11)12(16)17/h1-7,15H,(H,16,17). The first-order valence-electron chi connectivity index (χ1n) is 5.36. The lowest BCUT2D eigenvalue weighted by molar-refractivity contribution is 0.0696. The molecule has 8 heteroatoms. The van der Waals surface area contributed by atoms with Crippen molar-refractivity contribution in [3.05, 3.63) is 53.2 Å². The summed E-state index contributed by atoms with van der Waals surface area (Å²) in [5.41, 5.74) is 0.244. The minimum Gasteiger partial charge on any atom is -0.478 e. The molecule has 2 N–H and O–H groups in total. The van der Waals surface area contributed by atoms with E-state index < -0.39 is 16.0 Å². The van der Waals surface area contributed by atoms with Crippen molar-refractivity contribution in [3.63, 3.8) is 0 Å². The topological polar surface area (TPSA) is 96.4 Å². The van der Waals surface area contributed by atoms with Crippen LogP contribution in [-0.4, -0.2) is 24.5 Å². The highest BCUT2D eigenvalue weighted by Gasteiger charge is 2.16. The summed E-state index contributed by atoms with van der Waals surface area (Å²) in [6, 6.07) is 8.39. The summed E-state index contributed by atoms with van der Waals surface area (Å²) in [5.74, 6) is -1.17. The number of aromatic carboxylic acids is 1. The summed E-state index contributed by atoms with van der Waals surface area (Å²) in [4.78, 5) is 14.3. The van der Waals surface area contributed by atoms with E-state index in [9.17, 15) is 13.2 Å². The molecule has 2 aromatic rings. The summed E-state index contributed by atoms with van der Waals surface area (Å²) in [5, 5.41) is 8.94.